The normalized spacial score (nSPS) is 12.4. The van der Waals surface area contributed by atoms with Crippen LogP contribution >= 0.6 is 11.3 Å². The molecule has 7 heteroatoms. The number of thiazole rings is 1. The highest BCUT2D eigenvalue weighted by Crippen LogP contribution is 2.24. The maximum atomic E-state index is 12.8. The lowest BCUT2D eigenvalue weighted by molar-refractivity contribution is -0.121. The van der Waals surface area contributed by atoms with Crippen molar-refractivity contribution < 1.29 is 4.79 Å². The topological polar surface area (TPSA) is 63.1 Å². The summed E-state index contributed by atoms with van der Waals surface area (Å²) >= 11 is 1.52. The molecule has 2 aromatic carbocycles. The average molecular weight is 406 g/mol. The summed E-state index contributed by atoms with van der Waals surface area (Å²) < 4.78 is 1.94. The summed E-state index contributed by atoms with van der Waals surface area (Å²) in [5.74, 6) is 0.669. The quantitative estimate of drug-likeness (QED) is 0.510. The minimum absolute atomic E-state index is 0.0487. The molecule has 148 valence electrons. The van der Waals surface area contributed by atoms with Crippen LogP contribution in [0.3, 0.4) is 0 Å². The highest BCUT2D eigenvalue weighted by Gasteiger charge is 2.18. The van der Waals surface area contributed by atoms with Crippen LogP contribution in [0.1, 0.15) is 11.6 Å². The molecule has 2 heterocycles. The van der Waals surface area contributed by atoms with E-state index >= 15 is 0 Å². The third-order valence-electron chi connectivity index (χ3n) is 4.92. The van der Waals surface area contributed by atoms with Crippen molar-refractivity contribution in [1.29, 1.82) is 0 Å². The molecule has 0 fully saturated rings. The lowest BCUT2D eigenvalue weighted by Crippen LogP contribution is -2.36. The Bertz CT molecular complexity index is 1090. The van der Waals surface area contributed by atoms with E-state index in [1.54, 1.807) is 5.51 Å². The summed E-state index contributed by atoms with van der Waals surface area (Å²) in [6, 6.07) is 18.2. The number of hydrogen-bond donors (Lipinski definition) is 1. The molecule has 2 aromatic heterocycles. The summed E-state index contributed by atoms with van der Waals surface area (Å²) in [4.78, 5) is 24.0. The van der Waals surface area contributed by atoms with Gasteiger partial charge in [0, 0.05) is 11.9 Å². The molecule has 0 spiro atoms. The van der Waals surface area contributed by atoms with Gasteiger partial charge in [-0.1, -0.05) is 42.5 Å². The maximum Gasteiger partial charge on any atom is 0.240 e. The molecular weight excluding hydrogens is 382 g/mol. The number of fused-ring (bicyclic) bond motifs is 1. The van der Waals surface area contributed by atoms with E-state index in [1.165, 1.54) is 16.9 Å². The van der Waals surface area contributed by atoms with Gasteiger partial charge in [0.25, 0.3) is 0 Å². The SMILES string of the molecule is CN(C)C(CNC(=O)Cn1c(-c2cscn2)nc2ccccc21)c1ccccc1. The monoisotopic (exact) mass is 405 g/mol. The fourth-order valence-electron chi connectivity index (χ4n) is 3.44. The first-order valence-corrected chi connectivity index (χ1v) is 10.4. The van der Waals surface area contributed by atoms with Crippen LogP contribution < -0.4 is 5.32 Å². The van der Waals surface area contributed by atoms with Crippen molar-refractivity contribution in [2.24, 2.45) is 0 Å². The second kappa shape index (κ2) is 8.55. The van der Waals surface area contributed by atoms with Crippen molar-refractivity contribution in [2.45, 2.75) is 12.6 Å². The van der Waals surface area contributed by atoms with E-state index in [4.69, 9.17) is 4.98 Å². The van der Waals surface area contributed by atoms with Crippen LogP contribution in [0.4, 0.5) is 0 Å². The van der Waals surface area contributed by atoms with Gasteiger partial charge in [0.1, 0.15) is 12.2 Å². The standard InChI is InChI=1S/C22H23N5OS/c1-26(2)20(16-8-4-3-5-9-16)12-23-21(28)13-27-19-11-7-6-10-17(19)25-22(27)18-14-29-15-24-18/h3-11,14-15,20H,12-13H2,1-2H3,(H,23,28). The highest BCUT2D eigenvalue weighted by atomic mass is 32.1. The molecule has 4 aromatic rings. The Morgan fingerprint density at radius 1 is 1.14 bits per heavy atom. The molecule has 0 saturated heterocycles. The smallest absolute Gasteiger partial charge is 0.240 e. The molecule has 0 bridgehead atoms. The molecule has 1 unspecified atom stereocenters. The summed E-state index contributed by atoms with van der Waals surface area (Å²) in [7, 11) is 4.04. The van der Waals surface area contributed by atoms with Gasteiger partial charge >= 0.3 is 0 Å². The largest absolute Gasteiger partial charge is 0.353 e. The van der Waals surface area contributed by atoms with Gasteiger partial charge in [-0.3, -0.25) is 4.79 Å². The number of para-hydroxylation sites is 2. The molecule has 29 heavy (non-hydrogen) atoms. The fraction of sp³-hybridized carbons (Fsp3) is 0.227. The third kappa shape index (κ3) is 4.21. The number of likely N-dealkylation sites (N-methyl/N-ethyl adjacent to an activating group) is 1. The number of aromatic nitrogens is 3. The van der Waals surface area contributed by atoms with Gasteiger partial charge in [-0.15, -0.1) is 11.3 Å². The van der Waals surface area contributed by atoms with Gasteiger partial charge in [0.15, 0.2) is 5.82 Å². The van der Waals surface area contributed by atoms with Crippen LogP contribution in [0.15, 0.2) is 65.5 Å². The zero-order valence-electron chi connectivity index (χ0n) is 16.4. The van der Waals surface area contributed by atoms with Crippen LogP contribution in [0, 0.1) is 0 Å². The maximum absolute atomic E-state index is 12.8. The number of carbonyl (C=O) groups excluding carboxylic acids is 1. The number of rotatable bonds is 7. The van der Waals surface area contributed by atoms with Gasteiger partial charge in [0.05, 0.1) is 22.6 Å². The fourth-order valence-corrected chi connectivity index (χ4v) is 3.97. The van der Waals surface area contributed by atoms with E-state index in [9.17, 15) is 4.79 Å². The molecule has 1 amide bonds. The minimum atomic E-state index is -0.0487. The number of hydrogen-bond acceptors (Lipinski definition) is 5. The van der Waals surface area contributed by atoms with Gasteiger partial charge < -0.3 is 14.8 Å². The van der Waals surface area contributed by atoms with Crippen LogP contribution in [0.25, 0.3) is 22.6 Å². The number of carbonyl (C=O) groups is 1. The first kappa shape index (κ1) is 19.3. The molecule has 0 aliphatic heterocycles. The molecule has 0 aliphatic rings. The summed E-state index contributed by atoms with van der Waals surface area (Å²) in [6.07, 6.45) is 0. The molecular formula is C22H23N5OS. The number of amides is 1. The highest BCUT2D eigenvalue weighted by molar-refractivity contribution is 7.07. The number of nitrogens with one attached hydrogen (secondary N) is 1. The van der Waals surface area contributed by atoms with Gasteiger partial charge in [-0.05, 0) is 31.8 Å². The predicted octanol–water partition coefficient (Wildman–Crippen LogP) is 3.58. The molecule has 6 nitrogen and oxygen atoms in total. The van der Waals surface area contributed by atoms with Crippen molar-refractivity contribution in [3.8, 4) is 11.5 Å². The molecule has 0 saturated carbocycles. The predicted molar refractivity (Wildman–Crippen MR) is 117 cm³/mol. The number of imidazole rings is 1. The van der Waals surface area contributed by atoms with Crippen LogP contribution in [0.5, 0.6) is 0 Å². The Morgan fingerprint density at radius 2 is 1.90 bits per heavy atom. The van der Waals surface area contributed by atoms with E-state index in [0.29, 0.717) is 6.54 Å². The van der Waals surface area contributed by atoms with Gasteiger partial charge in [-0.25, -0.2) is 9.97 Å². The molecule has 0 radical (unpaired) electrons. The Balaban J connectivity index is 1.54. The Hall–Kier alpha value is -3.03. The minimum Gasteiger partial charge on any atom is -0.353 e. The molecule has 1 atom stereocenters. The Morgan fingerprint density at radius 3 is 2.62 bits per heavy atom. The lowest BCUT2D eigenvalue weighted by atomic mass is 10.1. The summed E-state index contributed by atoms with van der Waals surface area (Å²) in [5.41, 5.74) is 5.53. The average Bonchev–Trinajstić information content (AvgIpc) is 3.37. The van der Waals surface area contributed by atoms with Crippen molar-refractivity contribution >= 4 is 28.3 Å². The second-order valence-electron chi connectivity index (χ2n) is 7.08. The molecule has 0 aliphatic carbocycles. The van der Waals surface area contributed by atoms with Gasteiger partial charge in [0.2, 0.25) is 5.91 Å². The van der Waals surface area contributed by atoms with Crippen molar-refractivity contribution in [1.82, 2.24) is 24.8 Å². The summed E-state index contributed by atoms with van der Waals surface area (Å²) in [6.45, 7) is 0.733. The van der Waals surface area contributed by atoms with Crippen molar-refractivity contribution in [3.63, 3.8) is 0 Å². The van der Waals surface area contributed by atoms with Crippen molar-refractivity contribution in [3.05, 3.63) is 71.1 Å². The van der Waals surface area contributed by atoms with E-state index in [2.05, 4.69) is 27.3 Å². The molecule has 4 rings (SSSR count). The van der Waals surface area contributed by atoms with E-state index in [0.717, 1.165) is 22.6 Å². The first-order valence-electron chi connectivity index (χ1n) is 9.45. The third-order valence-corrected chi connectivity index (χ3v) is 5.50. The van der Waals surface area contributed by atoms with E-state index in [1.807, 2.05) is 66.5 Å². The number of benzene rings is 2. The summed E-state index contributed by atoms with van der Waals surface area (Å²) in [5, 5.41) is 5.04. The Labute approximate surface area is 173 Å². The second-order valence-corrected chi connectivity index (χ2v) is 7.80. The zero-order chi connectivity index (χ0) is 20.2. The lowest BCUT2D eigenvalue weighted by Gasteiger charge is -2.25. The number of nitrogens with zero attached hydrogens (tertiary/aromatic N) is 4. The Kier molecular flexibility index (Phi) is 5.69. The zero-order valence-corrected chi connectivity index (χ0v) is 17.3. The van der Waals surface area contributed by atoms with E-state index in [-0.39, 0.29) is 18.5 Å². The van der Waals surface area contributed by atoms with Crippen molar-refractivity contribution in [2.75, 3.05) is 20.6 Å². The van der Waals surface area contributed by atoms with Crippen LogP contribution in [-0.2, 0) is 11.3 Å². The molecule has 1 N–H and O–H groups in total. The van der Waals surface area contributed by atoms with E-state index < -0.39 is 0 Å². The first-order chi connectivity index (χ1) is 14.1. The van der Waals surface area contributed by atoms with Crippen LogP contribution in [-0.4, -0.2) is 46.0 Å². The van der Waals surface area contributed by atoms with Gasteiger partial charge in [-0.2, -0.15) is 0 Å². The van der Waals surface area contributed by atoms with Crippen LogP contribution in [0.2, 0.25) is 0 Å².